The highest BCUT2D eigenvalue weighted by atomic mass is 16.4. The summed E-state index contributed by atoms with van der Waals surface area (Å²) in [4.78, 5) is 36.9. The van der Waals surface area contributed by atoms with Gasteiger partial charge in [-0.05, 0) is 44.4 Å². The van der Waals surface area contributed by atoms with Crippen molar-refractivity contribution in [3.63, 3.8) is 0 Å². The molecule has 0 aliphatic rings. The number of nitrogens with one attached hydrogen (secondary N) is 1. The van der Waals surface area contributed by atoms with Crippen molar-refractivity contribution < 1.29 is 23.5 Å². The maximum Gasteiger partial charge on any atom is 0.340 e. The lowest BCUT2D eigenvalue weighted by molar-refractivity contribution is -0.308. The molecule has 0 bridgehead atoms. The first kappa shape index (κ1) is 24.3. The molecule has 7 heteroatoms. The van der Waals surface area contributed by atoms with Crippen molar-refractivity contribution in [2.45, 2.75) is 59.4 Å². The Morgan fingerprint density at radius 3 is 2.34 bits per heavy atom. The number of fused-ring (bicyclic) bond motifs is 2. The largest absolute Gasteiger partial charge is 0.548 e. The molecule has 0 saturated heterocycles. The van der Waals surface area contributed by atoms with Gasteiger partial charge in [0.15, 0.2) is 0 Å². The molecule has 2 aromatic heterocycles. The second kappa shape index (κ2) is 9.78. The van der Waals surface area contributed by atoms with Crippen LogP contribution in [-0.2, 0) is 16.0 Å². The molecular formula is C28H28NO6-. The van der Waals surface area contributed by atoms with Crippen molar-refractivity contribution >= 4 is 33.8 Å². The van der Waals surface area contributed by atoms with E-state index < -0.39 is 23.5 Å². The highest BCUT2D eigenvalue weighted by Crippen LogP contribution is 2.39. The minimum Gasteiger partial charge on any atom is -0.548 e. The molecule has 1 N–H and O–H groups in total. The number of amides is 1. The topological polar surface area (TPSA) is 113 Å². The van der Waals surface area contributed by atoms with E-state index in [4.69, 9.17) is 8.83 Å². The summed E-state index contributed by atoms with van der Waals surface area (Å²) in [6.07, 6.45) is 1.42. The highest BCUT2D eigenvalue weighted by molar-refractivity contribution is 6.06. The fourth-order valence-electron chi connectivity index (χ4n) is 4.61. The number of carbonyl (C=O) groups is 2. The molecule has 4 aromatic rings. The van der Waals surface area contributed by atoms with Gasteiger partial charge in [-0.15, -0.1) is 0 Å². The van der Waals surface area contributed by atoms with E-state index >= 15 is 0 Å². The Labute approximate surface area is 202 Å². The molecule has 4 rings (SSSR count). The molecule has 7 nitrogen and oxygen atoms in total. The summed E-state index contributed by atoms with van der Waals surface area (Å²) < 4.78 is 11.7. The van der Waals surface area contributed by atoms with Crippen molar-refractivity contribution in [3.8, 4) is 11.1 Å². The van der Waals surface area contributed by atoms with Crippen LogP contribution < -0.4 is 16.0 Å². The fraction of sp³-hybridized carbons (Fsp3) is 0.321. The Morgan fingerprint density at radius 1 is 1.00 bits per heavy atom. The Bertz CT molecular complexity index is 1480. The van der Waals surface area contributed by atoms with Crippen molar-refractivity contribution in [3.05, 3.63) is 69.3 Å². The zero-order valence-electron chi connectivity index (χ0n) is 20.3. The zero-order valence-corrected chi connectivity index (χ0v) is 20.3. The van der Waals surface area contributed by atoms with E-state index in [1.807, 2.05) is 57.2 Å². The minimum atomic E-state index is -1.34. The van der Waals surface area contributed by atoms with E-state index in [1.165, 1.54) is 0 Å². The lowest BCUT2D eigenvalue weighted by Gasteiger charge is -2.19. The van der Waals surface area contributed by atoms with Crippen molar-refractivity contribution in [1.29, 1.82) is 0 Å². The van der Waals surface area contributed by atoms with Gasteiger partial charge >= 0.3 is 5.63 Å². The monoisotopic (exact) mass is 474 g/mol. The number of hydrogen-bond donors (Lipinski definition) is 1. The highest BCUT2D eigenvalue weighted by Gasteiger charge is 2.22. The van der Waals surface area contributed by atoms with E-state index in [9.17, 15) is 19.5 Å². The van der Waals surface area contributed by atoms with Crippen LogP contribution in [0.25, 0.3) is 33.1 Å². The second-order valence-corrected chi connectivity index (χ2v) is 8.91. The van der Waals surface area contributed by atoms with Gasteiger partial charge in [-0.2, -0.15) is 0 Å². The molecule has 0 radical (unpaired) electrons. The first-order valence-corrected chi connectivity index (χ1v) is 11.8. The Kier molecular flexibility index (Phi) is 6.78. The van der Waals surface area contributed by atoms with Gasteiger partial charge < -0.3 is 24.1 Å². The predicted molar refractivity (Wildman–Crippen MR) is 132 cm³/mol. The Hall–Kier alpha value is -3.87. The summed E-state index contributed by atoms with van der Waals surface area (Å²) >= 11 is 0. The first-order valence-electron chi connectivity index (χ1n) is 11.8. The zero-order chi connectivity index (χ0) is 25.3. The number of carbonyl (C=O) groups excluding carboxylic acids is 2. The van der Waals surface area contributed by atoms with Crippen LogP contribution in [0.5, 0.6) is 0 Å². The van der Waals surface area contributed by atoms with Crippen LogP contribution in [0.2, 0.25) is 0 Å². The number of carboxylic acids is 1. The third-order valence-electron chi connectivity index (χ3n) is 6.50. The minimum absolute atomic E-state index is 0.197. The van der Waals surface area contributed by atoms with E-state index in [1.54, 1.807) is 6.92 Å². The average molecular weight is 475 g/mol. The number of aliphatic carboxylic acids is 1. The molecule has 0 unspecified atom stereocenters. The van der Waals surface area contributed by atoms with E-state index in [0.717, 1.165) is 28.7 Å². The summed E-state index contributed by atoms with van der Waals surface area (Å²) in [6.45, 7) is 7.45. The fourth-order valence-corrected chi connectivity index (χ4v) is 4.61. The van der Waals surface area contributed by atoms with Crippen LogP contribution in [-0.4, -0.2) is 17.9 Å². The summed E-state index contributed by atoms with van der Waals surface area (Å²) in [6, 6.07) is 10.7. The van der Waals surface area contributed by atoms with Crippen LogP contribution >= 0.6 is 0 Å². The molecule has 0 spiro atoms. The number of benzene rings is 2. The quantitative estimate of drug-likeness (QED) is 0.385. The predicted octanol–water partition coefficient (Wildman–Crippen LogP) is 4.10. The number of carboxylic acid groups (broad SMARTS) is 1. The molecule has 2 heterocycles. The molecule has 35 heavy (non-hydrogen) atoms. The van der Waals surface area contributed by atoms with Crippen molar-refractivity contribution in [2.24, 2.45) is 0 Å². The second-order valence-electron chi connectivity index (χ2n) is 8.91. The molecule has 0 fully saturated rings. The third kappa shape index (κ3) is 4.58. The number of unbranched alkanes of at least 4 members (excludes halogenated alkanes) is 1. The smallest absolute Gasteiger partial charge is 0.340 e. The van der Waals surface area contributed by atoms with Crippen LogP contribution in [0.4, 0.5) is 0 Å². The number of rotatable bonds is 8. The van der Waals surface area contributed by atoms with Crippen molar-refractivity contribution in [2.75, 3.05) is 0 Å². The molecule has 0 saturated carbocycles. The van der Waals surface area contributed by atoms with Gasteiger partial charge in [0.2, 0.25) is 5.91 Å². The summed E-state index contributed by atoms with van der Waals surface area (Å²) in [5.41, 5.74) is 3.92. The van der Waals surface area contributed by atoms with Gasteiger partial charge in [0.05, 0.1) is 24.0 Å². The Balaban J connectivity index is 1.79. The van der Waals surface area contributed by atoms with Crippen LogP contribution in [0.1, 0.15) is 48.6 Å². The lowest BCUT2D eigenvalue weighted by Crippen LogP contribution is -2.48. The van der Waals surface area contributed by atoms with Gasteiger partial charge in [0.25, 0.3) is 0 Å². The standard InChI is InChI=1S/C28H29NO6/c1-5-6-12-22(27(31)32)29-23(30)14-20-15(2)19-13-21-24(18-10-8-7-9-11-18)17(4)34-26(21)16(3)25(19)35-28(20)33/h7-11,13,22H,5-6,12,14H2,1-4H3,(H,29,30)(H,31,32)/p-1/t22-/m1/s1. The van der Waals surface area contributed by atoms with Gasteiger partial charge in [-0.25, -0.2) is 4.79 Å². The maximum atomic E-state index is 12.9. The van der Waals surface area contributed by atoms with Gasteiger partial charge in [-0.1, -0.05) is 50.1 Å². The SMILES string of the molecule is CCCC[C@@H](NC(=O)Cc1c(C)c2cc3c(-c4ccccc4)c(C)oc3c(C)c2oc1=O)C(=O)[O-]. The first-order chi connectivity index (χ1) is 16.7. The summed E-state index contributed by atoms with van der Waals surface area (Å²) in [5, 5.41) is 15.5. The van der Waals surface area contributed by atoms with Crippen LogP contribution in [0.3, 0.4) is 0 Å². The Morgan fingerprint density at radius 2 is 1.69 bits per heavy atom. The average Bonchev–Trinajstić information content (AvgIpc) is 3.17. The number of aryl methyl sites for hydroxylation is 3. The van der Waals surface area contributed by atoms with E-state index in [2.05, 4.69) is 5.32 Å². The molecule has 0 aliphatic carbocycles. The van der Waals surface area contributed by atoms with Crippen molar-refractivity contribution in [1.82, 2.24) is 5.32 Å². The number of hydrogen-bond acceptors (Lipinski definition) is 6. The van der Waals surface area contributed by atoms with Gasteiger partial charge in [0.1, 0.15) is 16.9 Å². The molecular weight excluding hydrogens is 446 g/mol. The van der Waals surface area contributed by atoms with E-state index in [-0.39, 0.29) is 18.4 Å². The molecule has 1 atom stereocenters. The lowest BCUT2D eigenvalue weighted by atomic mass is 9.96. The summed E-state index contributed by atoms with van der Waals surface area (Å²) in [5.74, 6) is -1.15. The van der Waals surface area contributed by atoms with E-state index in [0.29, 0.717) is 34.1 Å². The molecule has 2 aromatic carbocycles. The molecule has 182 valence electrons. The normalized spacial score (nSPS) is 12.2. The molecule has 0 aliphatic heterocycles. The van der Waals surface area contributed by atoms with Crippen LogP contribution in [0, 0.1) is 20.8 Å². The maximum absolute atomic E-state index is 12.9. The molecule has 1 amide bonds. The number of furan rings is 1. The van der Waals surface area contributed by atoms with Gasteiger partial charge in [-0.3, -0.25) is 4.79 Å². The summed E-state index contributed by atoms with van der Waals surface area (Å²) in [7, 11) is 0. The van der Waals surface area contributed by atoms with Crippen LogP contribution in [0.15, 0.2) is 50.0 Å². The van der Waals surface area contributed by atoms with Gasteiger partial charge in [0, 0.05) is 21.9 Å². The third-order valence-corrected chi connectivity index (χ3v) is 6.50.